The van der Waals surface area contributed by atoms with Gasteiger partial charge in [0.15, 0.2) is 0 Å². The number of halogens is 1. The number of hydrogen-bond donors (Lipinski definition) is 1. The Morgan fingerprint density at radius 1 is 1.29 bits per heavy atom. The highest BCUT2D eigenvalue weighted by Crippen LogP contribution is 2.23. The van der Waals surface area contributed by atoms with Gasteiger partial charge in [-0.3, -0.25) is 4.79 Å². The van der Waals surface area contributed by atoms with E-state index in [0.717, 1.165) is 10.0 Å². The third kappa shape index (κ3) is 3.55. The van der Waals surface area contributed by atoms with Crippen LogP contribution in [-0.4, -0.2) is 25.0 Å². The van der Waals surface area contributed by atoms with Crippen LogP contribution in [0.4, 0.5) is 5.69 Å². The van der Waals surface area contributed by atoms with Gasteiger partial charge in [0.25, 0.3) is 5.91 Å². The van der Waals surface area contributed by atoms with Gasteiger partial charge in [0.1, 0.15) is 5.75 Å². The van der Waals surface area contributed by atoms with Crippen molar-refractivity contribution in [2.45, 2.75) is 6.54 Å². The number of hydrogen-bond acceptors (Lipinski definition) is 3. The van der Waals surface area contributed by atoms with Crippen LogP contribution in [0.3, 0.4) is 0 Å². The summed E-state index contributed by atoms with van der Waals surface area (Å²) in [5.41, 5.74) is 7.89. The Kier molecular flexibility index (Phi) is 4.85. The predicted molar refractivity (Wildman–Crippen MR) is 87.3 cm³/mol. The Balaban J connectivity index is 2.16. The quantitative estimate of drug-likeness (QED) is 0.862. The normalized spacial score (nSPS) is 10.2. The summed E-state index contributed by atoms with van der Waals surface area (Å²) in [5, 5.41) is 0. The number of carbonyl (C=O) groups is 1. The van der Waals surface area contributed by atoms with Crippen LogP contribution in [0.5, 0.6) is 5.75 Å². The highest BCUT2D eigenvalue weighted by Gasteiger charge is 2.14. The molecular formula is C16H17BrN2O2. The molecule has 0 saturated carbocycles. The number of nitrogen functional groups attached to an aromatic ring is 1. The van der Waals surface area contributed by atoms with Gasteiger partial charge in [-0.1, -0.05) is 34.1 Å². The van der Waals surface area contributed by atoms with Crippen molar-refractivity contribution in [3.63, 3.8) is 0 Å². The molecule has 21 heavy (non-hydrogen) atoms. The topological polar surface area (TPSA) is 55.6 Å². The smallest absolute Gasteiger partial charge is 0.253 e. The molecule has 0 aliphatic carbocycles. The minimum Gasteiger partial charge on any atom is -0.495 e. The number of methoxy groups -OCH3 is 1. The second-order valence-electron chi connectivity index (χ2n) is 4.71. The highest BCUT2D eigenvalue weighted by atomic mass is 79.9. The van der Waals surface area contributed by atoms with Crippen LogP contribution in [0.25, 0.3) is 0 Å². The summed E-state index contributed by atoms with van der Waals surface area (Å²) >= 11 is 3.49. The van der Waals surface area contributed by atoms with Crippen molar-refractivity contribution >= 4 is 27.5 Å². The van der Waals surface area contributed by atoms with Gasteiger partial charge < -0.3 is 15.4 Å². The zero-order valence-electron chi connectivity index (χ0n) is 12.0. The lowest BCUT2D eigenvalue weighted by atomic mass is 10.1. The van der Waals surface area contributed by atoms with Crippen molar-refractivity contribution in [2.75, 3.05) is 19.9 Å². The predicted octanol–water partition coefficient (Wildman–Crippen LogP) is 3.31. The van der Waals surface area contributed by atoms with Gasteiger partial charge in [0.2, 0.25) is 0 Å². The maximum Gasteiger partial charge on any atom is 0.253 e. The average molecular weight is 349 g/mol. The Morgan fingerprint density at radius 2 is 2.00 bits per heavy atom. The Morgan fingerprint density at radius 3 is 2.62 bits per heavy atom. The van der Waals surface area contributed by atoms with E-state index >= 15 is 0 Å². The van der Waals surface area contributed by atoms with E-state index in [4.69, 9.17) is 10.5 Å². The van der Waals surface area contributed by atoms with Gasteiger partial charge in [-0.15, -0.1) is 0 Å². The van der Waals surface area contributed by atoms with Crippen LogP contribution in [0.15, 0.2) is 46.9 Å². The van der Waals surface area contributed by atoms with Crippen molar-refractivity contribution in [3.8, 4) is 5.75 Å². The van der Waals surface area contributed by atoms with Crippen LogP contribution >= 0.6 is 15.9 Å². The molecule has 2 aromatic rings. The van der Waals surface area contributed by atoms with Crippen molar-refractivity contribution in [3.05, 3.63) is 58.1 Å². The third-order valence-electron chi connectivity index (χ3n) is 3.19. The van der Waals surface area contributed by atoms with E-state index in [1.165, 1.54) is 0 Å². The van der Waals surface area contributed by atoms with Crippen molar-refractivity contribution < 1.29 is 9.53 Å². The van der Waals surface area contributed by atoms with Crippen molar-refractivity contribution in [2.24, 2.45) is 0 Å². The van der Waals surface area contributed by atoms with Gasteiger partial charge in [0, 0.05) is 23.6 Å². The fourth-order valence-corrected chi connectivity index (χ4v) is 2.45. The number of carbonyl (C=O) groups excluding carboxylic acids is 1. The van der Waals surface area contributed by atoms with Crippen LogP contribution in [0.1, 0.15) is 15.9 Å². The molecule has 0 bridgehead atoms. The van der Waals surface area contributed by atoms with E-state index in [1.54, 1.807) is 37.3 Å². The first-order chi connectivity index (χ1) is 10.0. The number of rotatable bonds is 4. The molecule has 0 unspecified atom stereocenters. The summed E-state index contributed by atoms with van der Waals surface area (Å²) < 4.78 is 6.08. The number of ether oxygens (including phenoxy) is 1. The summed E-state index contributed by atoms with van der Waals surface area (Å²) in [4.78, 5) is 14.1. The van der Waals surface area contributed by atoms with Crippen LogP contribution in [0, 0.1) is 0 Å². The lowest BCUT2D eigenvalue weighted by molar-refractivity contribution is 0.0785. The minimum absolute atomic E-state index is 0.0832. The second kappa shape index (κ2) is 6.63. The summed E-state index contributed by atoms with van der Waals surface area (Å²) in [6, 6.07) is 12.9. The summed E-state index contributed by atoms with van der Waals surface area (Å²) in [6.07, 6.45) is 0. The summed E-state index contributed by atoms with van der Waals surface area (Å²) in [5.74, 6) is 0.486. The van der Waals surface area contributed by atoms with Gasteiger partial charge in [-0.25, -0.2) is 0 Å². The number of nitrogens with zero attached hydrogens (tertiary/aromatic N) is 1. The molecule has 0 aliphatic heterocycles. The molecule has 2 aromatic carbocycles. The SMILES string of the molecule is COc1ccc(C(=O)N(C)Cc2ccccc2Br)cc1N. The molecule has 5 heteroatoms. The van der Waals surface area contributed by atoms with E-state index in [9.17, 15) is 4.79 Å². The maximum absolute atomic E-state index is 12.4. The van der Waals surface area contributed by atoms with Crippen molar-refractivity contribution in [1.82, 2.24) is 4.90 Å². The fourth-order valence-electron chi connectivity index (χ4n) is 2.04. The van der Waals surface area contributed by atoms with Gasteiger partial charge in [-0.2, -0.15) is 0 Å². The van der Waals surface area contributed by atoms with Crippen LogP contribution in [-0.2, 0) is 6.54 Å². The first kappa shape index (κ1) is 15.4. The Bertz CT molecular complexity index is 658. The summed E-state index contributed by atoms with van der Waals surface area (Å²) in [7, 11) is 3.31. The maximum atomic E-state index is 12.4. The number of benzene rings is 2. The fraction of sp³-hybridized carbons (Fsp3) is 0.188. The Labute approximate surface area is 132 Å². The molecule has 0 atom stereocenters. The third-order valence-corrected chi connectivity index (χ3v) is 3.96. The van der Waals surface area contributed by atoms with E-state index in [0.29, 0.717) is 23.5 Å². The molecule has 0 aliphatic rings. The Hall–Kier alpha value is -2.01. The molecule has 0 aromatic heterocycles. The van der Waals surface area contributed by atoms with Crippen molar-refractivity contribution in [1.29, 1.82) is 0 Å². The summed E-state index contributed by atoms with van der Waals surface area (Å²) in [6.45, 7) is 0.520. The number of nitrogens with two attached hydrogens (primary N) is 1. The monoisotopic (exact) mass is 348 g/mol. The molecule has 0 spiro atoms. The molecular weight excluding hydrogens is 332 g/mol. The molecule has 1 amide bonds. The molecule has 2 N–H and O–H groups in total. The van der Waals surface area contributed by atoms with Gasteiger partial charge in [0.05, 0.1) is 12.8 Å². The standard InChI is InChI=1S/C16H17BrN2O2/c1-19(10-12-5-3-4-6-13(12)17)16(20)11-7-8-15(21-2)14(18)9-11/h3-9H,10,18H2,1-2H3. The molecule has 2 rings (SSSR count). The zero-order chi connectivity index (χ0) is 15.4. The number of anilines is 1. The van der Waals surface area contributed by atoms with Gasteiger partial charge >= 0.3 is 0 Å². The average Bonchev–Trinajstić information content (AvgIpc) is 2.48. The van der Waals surface area contributed by atoms with E-state index in [1.807, 2.05) is 24.3 Å². The first-order valence-electron chi connectivity index (χ1n) is 6.45. The molecule has 0 saturated heterocycles. The number of amides is 1. The van der Waals surface area contributed by atoms with Gasteiger partial charge in [-0.05, 0) is 29.8 Å². The molecule has 4 nitrogen and oxygen atoms in total. The second-order valence-corrected chi connectivity index (χ2v) is 5.56. The lowest BCUT2D eigenvalue weighted by Crippen LogP contribution is -2.26. The van der Waals surface area contributed by atoms with Crippen LogP contribution < -0.4 is 10.5 Å². The molecule has 110 valence electrons. The lowest BCUT2D eigenvalue weighted by Gasteiger charge is -2.18. The molecule has 0 heterocycles. The highest BCUT2D eigenvalue weighted by molar-refractivity contribution is 9.10. The molecule has 0 radical (unpaired) electrons. The van der Waals surface area contributed by atoms with E-state index in [-0.39, 0.29) is 5.91 Å². The first-order valence-corrected chi connectivity index (χ1v) is 7.24. The van der Waals surface area contributed by atoms with E-state index in [2.05, 4.69) is 15.9 Å². The zero-order valence-corrected chi connectivity index (χ0v) is 13.6. The largest absolute Gasteiger partial charge is 0.495 e. The van der Waals surface area contributed by atoms with E-state index < -0.39 is 0 Å². The minimum atomic E-state index is -0.0832. The van der Waals surface area contributed by atoms with Crippen LogP contribution in [0.2, 0.25) is 0 Å². The molecule has 0 fully saturated rings.